The average Bonchev–Trinajstić information content (AvgIpc) is 2.22. The molecule has 0 bridgehead atoms. The third kappa shape index (κ3) is 2.05. The van der Waals surface area contributed by atoms with E-state index in [9.17, 15) is 10.1 Å². The summed E-state index contributed by atoms with van der Waals surface area (Å²) in [5.41, 5.74) is -0.0779. The Labute approximate surface area is 92.8 Å². The Kier molecular flexibility index (Phi) is 2.89. The second kappa shape index (κ2) is 4.34. The number of anilines is 1. The molecule has 0 spiro atoms. The Balaban J connectivity index is 2.25. The molecule has 1 heterocycles. The van der Waals surface area contributed by atoms with Gasteiger partial charge in [-0.15, -0.1) is 0 Å². The van der Waals surface area contributed by atoms with Gasteiger partial charge in [-0.05, 0) is 25.3 Å². The molecule has 86 valence electrons. The number of aromatic nitrogens is 1. The third-order valence-corrected chi connectivity index (χ3v) is 2.62. The van der Waals surface area contributed by atoms with Crippen LogP contribution >= 0.6 is 0 Å². The van der Waals surface area contributed by atoms with E-state index < -0.39 is 4.92 Å². The van der Waals surface area contributed by atoms with Gasteiger partial charge in [0.15, 0.2) is 0 Å². The maximum atomic E-state index is 10.8. The number of nitro groups is 1. The van der Waals surface area contributed by atoms with Gasteiger partial charge < -0.3 is 10.1 Å². The second-order valence-corrected chi connectivity index (χ2v) is 3.70. The molecule has 1 aliphatic rings. The first kappa shape index (κ1) is 10.7. The number of hydrogen-bond acceptors (Lipinski definition) is 5. The van der Waals surface area contributed by atoms with Crippen LogP contribution in [-0.2, 0) is 0 Å². The van der Waals surface area contributed by atoms with Crippen molar-refractivity contribution in [2.45, 2.75) is 25.4 Å². The largest absolute Gasteiger partial charge is 0.469 e. The molecule has 0 atom stereocenters. The van der Waals surface area contributed by atoms with Gasteiger partial charge in [-0.2, -0.15) is 4.98 Å². The van der Waals surface area contributed by atoms with E-state index in [4.69, 9.17) is 4.74 Å². The van der Waals surface area contributed by atoms with Gasteiger partial charge >= 0.3 is 5.69 Å². The SMILES string of the molecule is CNc1ccc([N+](=O)[O-])c(OC2CCC2)n1. The lowest BCUT2D eigenvalue weighted by Crippen LogP contribution is -2.25. The summed E-state index contributed by atoms with van der Waals surface area (Å²) in [6.45, 7) is 0. The van der Waals surface area contributed by atoms with Crippen LogP contribution in [0.2, 0.25) is 0 Å². The van der Waals surface area contributed by atoms with Crippen LogP contribution in [0.4, 0.5) is 11.5 Å². The Hall–Kier alpha value is -1.85. The molecule has 1 N–H and O–H groups in total. The Morgan fingerprint density at radius 2 is 2.31 bits per heavy atom. The average molecular weight is 223 g/mol. The quantitative estimate of drug-likeness (QED) is 0.623. The minimum Gasteiger partial charge on any atom is -0.469 e. The lowest BCUT2D eigenvalue weighted by atomic mass is 9.96. The van der Waals surface area contributed by atoms with E-state index >= 15 is 0 Å². The van der Waals surface area contributed by atoms with Gasteiger partial charge in [0.2, 0.25) is 0 Å². The van der Waals surface area contributed by atoms with Crippen molar-refractivity contribution in [2.24, 2.45) is 0 Å². The predicted octanol–water partition coefficient (Wildman–Crippen LogP) is 1.96. The monoisotopic (exact) mass is 223 g/mol. The highest BCUT2D eigenvalue weighted by Gasteiger charge is 2.25. The van der Waals surface area contributed by atoms with E-state index in [1.165, 1.54) is 6.07 Å². The summed E-state index contributed by atoms with van der Waals surface area (Å²) in [6, 6.07) is 2.97. The molecule has 0 aliphatic heterocycles. The topological polar surface area (TPSA) is 77.3 Å². The van der Waals surface area contributed by atoms with Crippen molar-refractivity contribution in [3.63, 3.8) is 0 Å². The Bertz CT molecular complexity index is 404. The molecule has 16 heavy (non-hydrogen) atoms. The van der Waals surface area contributed by atoms with Crippen LogP contribution in [0.1, 0.15) is 19.3 Å². The van der Waals surface area contributed by atoms with Gasteiger partial charge in [0.1, 0.15) is 11.9 Å². The molecule has 1 fully saturated rings. The first-order valence-corrected chi connectivity index (χ1v) is 5.20. The lowest BCUT2D eigenvalue weighted by molar-refractivity contribution is -0.386. The fraction of sp³-hybridized carbons (Fsp3) is 0.500. The summed E-state index contributed by atoms with van der Waals surface area (Å²) >= 11 is 0. The molecule has 6 heteroatoms. The van der Waals surface area contributed by atoms with Gasteiger partial charge in [-0.1, -0.05) is 0 Å². The fourth-order valence-corrected chi connectivity index (χ4v) is 1.44. The number of ether oxygens (including phenoxy) is 1. The Morgan fingerprint density at radius 1 is 1.56 bits per heavy atom. The van der Waals surface area contributed by atoms with Gasteiger partial charge in [0.05, 0.1) is 4.92 Å². The van der Waals surface area contributed by atoms with Crippen LogP contribution in [0.3, 0.4) is 0 Å². The first-order valence-electron chi connectivity index (χ1n) is 5.20. The zero-order valence-electron chi connectivity index (χ0n) is 8.97. The van der Waals surface area contributed by atoms with E-state index in [-0.39, 0.29) is 17.7 Å². The van der Waals surface area contributed by atoms with Crippen molar-refractivity contribution in [1.29, 1.82) is 0 Å². The van der Waals surface area contributed by atoms with Crippen molar-refractivity contribution in [2.75, 3.05) is 12.4 Å². The molecular weight excluding hydrogens is 210 g/mol. The normalized spacial score (nSPS) is 15.3. The standard InChI is InChI=1S/C10H13N3O3/c1-11-9-6-5-8(13(14)15)10(12-9)16-7-3-2-4-7/h5-7H,2-4H2,1H3,(H,11,12). The molecule has 1 saturated carbocycles. The fourth-order valence-electron chi connectivity index (χ4n) is 1.44. The maximum absolute atomic E-state index is 10.8. The second-order valence-electron chi connectivity index (χ2n) is 3.70. The minimum atomic E-state index is -0.472. The number of pyridine rings is 1. The highest BCUT2D eigenvalue weighted by Crippen LogP contribution is 2.31. The molecule has 0 unspecified atom stereocenters. The molecule has 2 rings (SSSR count). The van der Waals surface area contributed by atoms with Gasteiger partial charge in [-0.25, -0.2) is 0 Å². The summed E-state index contributed by atoms with van der Waals surface area (Å²) in [5.74, 6) is 0.682. The molecular formula is C10H13N3O3. The van der Waals surface area contributed by atoms with Crippen molar-refractivity contribution >= 4 is 11.5 Å². The molecule has 0 saturated heterocycles. The predicted molar refractivity (Wildman–Crippen MR) is 58.7 cm³/mol. The number of nitrogens with zero attached hydrogens (tertiary/aromatic N) is 2. The molecule has 6 nitrogen and oxygen atoms in total. The maximum Gasteiger partial charge on any atom is 0.331 e. The molecule has 1 aliphatic carbocycles. The molecule has 0 amide bonds. The van der Waals surface area contributed by atoms with Crippen LogP contribution in [0.5, 0.6) is 5.88 Å². The zero-order valence-corrected chi connectivity index (χ0v) is 8.97. The molecule has 0 radical (unpaired) electrons. The van der Waals surface area contributed by atoms with E-state index in [0.717, 1.165) is 19.3 Å². The Morgan fingerprint density at radius 3 is 2.81 bits per heavy atom. The first-order chi connectivity index (χ1) is 7.70. The summed E-state index contributed by atoms with van der Waals surface area (Å²) in [5, 5.41) is 13.6. The van der Waals surface area contributed by atoms with Crippen LogP contribution in [-0.4, -0.2) is 23.1 Å². The minimum absolute atomic E-state index is 0.0779. The van der Waals surface area contributed by atoms with Crippen LogP contribution < -0.4 is 10.1 Å². The summed E-state index contributed by atoms with van der Waals surface area (Å²) in [7, 11) is 1.71. The van der Waals surface area contributed by atoms with Crippen molar-refractivity contribution in [1.82, 2.24) is 4.98 Å². The summed E-state index contributed by atoms with van der Waals surface area (Å²) in [4.78, 5) is 14.4. The van der Waals surface area contributed by atoms with Gasteiger partial charge in [-0.3, -0.25) is 10.1 Å². The lowest BCUT2D eigenvalue weighted by Gasteiger charge is -2.25. The van der Waals surface area contributed by atoms with Crippen molar-refractivity contribution in [3.05, 3.63) is 22.2 Å². The van der Waals surface area contributed by atoms with Crippen molar-refractivity contribution in [3.8, 4) is 5.88 Å². The highest BCUT2D eigenvalue weighted by atomic mass is 16.6. The van der Waals surface area contributed by atoms with E-state index in [1.54, 1.807) is 13.1 Å². The summed E-state index contributed by atoms with van der Waals surface area (Å²) < 4.78 is 5.49. The highest BCUT2D eigenvalue weighted by molar-refractivity contribution is 5.48. The number of rotatable bonds is 4. The smallest absolute Gasteiger partial charge is 0.331 e. The molecule has 1 aromatic heterocycles. The third-order valence-electron chi connectivity index (χ3n) is 2.62. The van der Waals surface area contributed by atoms with Crippen LogP contribution in [0.25, 0.3) is 0 Å². The number of hydrogen-bond donors (Lipinski definition) is 1. The van der Waals surface area contributed by atoms with Crippen molar-refractivity contribution < 1.29 is 9.66 Å². The van der Waals surface area contributed by atoms with E-state index in [2.05, 4.69) is 10.3 Å². The summed E-state index contributed by atoms with van der Waals surface area (Å²) in [6.07, 6.45) is 3.09. The number of nitrogens with one attached hydrogen (secondary N) is 1. The molecule has 0 aromatic carbocycles. The van der Waals surface area contributed by atoms with E-state index in [1.807, 2.05) is 0 Å². The van der Waals surface area contributed by atoms with Gasteiger partial charge in [0, 0.05) is 13.1 Å². The van der Waals surface area contributed by atoms with Gasteiger partial charge in [0.25, 0.3) is 5.88 Å². The van der Waals surface area contributed by atoms with Crippen LogP contribution in [0.15, 0.2) is 12.1 Å². The molecule has 1 aromatic rings. The van der Waals surface area contributed by atoms with Crippen LogP contribution in [0, 0.1) is 10.1 Å². The van der Waals surface area contributed by atoms with E-state index in [0.29, 0.717) is 5.82 Å². The zero-order chi connectivity index (χ0) is 11.5.